The summed E-state index contributed by atoms with van der Waals surface area (Å²) in [5.41, 5.74) is 0.468. The molecule has 4 atom stereocenters. The summed E-state index contributed by atoms with van der Waals surface area (Å²) in [6.07, 6.45) is 7.36. The van der Waals surface area contributed by atoms with E-state index in [1.807, 2.05) is 6.92 Å². The number of ketones is 1. The van der Waals surface area contributed by atoms with Crippen molar-refractivity contribution in [2.24, 2.45) is 29.1 Å². The average Bonchev–Trinajstić information content (AvgIpc) is 2.27. The lowest BCUT2D eigenvalue weighted by atomic mass is 9.54. The van der Waals surface area contributed by atoms with Gasteiger partial charge < -0.3 is 0 Å². The van der Waals surface area contributed by atoms with Crippen molar-refractivity contribution in [2.75, 3.05) is 0 Å². The number of hydrogen-bond acceptors (Lipinski definition) is 1. The molecule has 0 spiro atoms. The highest BCUT2D eigenvalue weighted by Gasteiger charge is 2.45. The number of Topliss-reactive ketones (excluding diaryl/α,β-unsaturated/α-hetero) is 1. The van der Waals surface area contributed by atoms with Crippen LogP contribution in [-0.4, -0.2) is 5.78 Å². The number of hydrogen-bond donors (Lipinski definition) is 0. The van der Waals surface area contributed by atoms with Crippen molar-refractivity contribution in [3.63, 3.8) is 0 Å². The van der Waals surface area contributed by atoms with E-state index in [4.69, 9.17) is 0 Å². The normalized spacial score (nSPS) is 40.7. The lowest BCUT2D eigenvalue weighted by molar-refractivity contribution is -0.128. The van der Waals surface area contributed by atoms with Gasteiger partial charge in [-0.2, -0.15) is 0 Å². The first-order valence-corrected chi connectivity index (χ1v) is 7.48. The zero-order valence-corrected chi connectivity index (χ0v) is 12.0. The molecule has 1 nitrogen and oxygen atoms in total. The molecule has 0 saturated heterocycles. The van der Waals surface area contributed by atoms with Gasteiger partial charge in [0.1, 0.15) is 5.78 Å². The standard InChI is InChI=1S/C16H28O/c1-5-15(17)13-10-14-12(9-11(13)2)7-6-8-16(14,3)4/h11-14H,5-10H2,1-4H3. The fourth-order valence-corrected chi connectivity index (χ4v) is 4.50. The summed E-state index contributed by atoms with van der Waals surface area (Å²) in [6, 6.07) is 0. The van der Waals surface area contributed by atoms with Crippen molar-refractivity contribution in [1.29, 1.82) is 0 Å². The Labute approximate surface area is 106 Å². The van der Waals surface area contributed by atoms with Gasteiger partial charge in [0.05, 0.1) is 0 Å². The Morgan fingerprint density at radius 2 is 2.00 bits per heavy atom. The highest BCUT2D eigenvalue weighted by Crippen LogP contribution is 2.53. The molecule has 0 aromatic carbocycles. The van der Waals surface area contributed by atoms with E-state index in [1.165, 1.54) is 32.1 Å². The van der Waals surface area contributed by atoms with Gasteiger partial charge in [0.2, 0.25) is 0 Å². The van der Waals surface area contributed by atoms with E-state index in [1.54, 1.807) is 0 Å². The molecule has 2 aliphatic rings. The molecule has 2 saturated carbocycles. The Morgan fingerprint density at radius 1 is 1.29 bits per heavy atom. The maximum atomic E-state index is 12.1. The average molecular weight is 236 g/mol. The third-order valence-electron chi connectivity index (χ3n) is 5.60. The van der Waals surface area contributed by atoms with E-state index >= 15 is 0 Å². The first-order valence-electron chi connectivity index (χ1n) is 7.48. The van der Waals surface area contributed by atoms with E-state index in [0.29, 0.717) is 23.0 Å². The molecule has 2 fully saturated rings. The molecular weight excluding hydrogens is 208 g/mol. The minimum Gasteiger partial charge on any atom is -0.299 e. The fraction of sp³-hybridized carbons (Fsp3) is 0.938. The topological polar surface area (TPSA) is 17.1 Å². The Kier molecular flexibility index (Phi) is 3.66. The van der Waals surface area contributed by atoms with Gasteiger partial charge in [-0.3, -0.25) is 4.79 Å². The highest BCUT2D eigenvalue weighted by atomic mass is 16.1. The molecule has 2 aliphatic carbocycles. The van der Waals surface area contributed by atoms with Gasteiger partial charge in [0.15, 0.2) is 0 Å². The van der Waals surface area contributed by atoms with Crippen LogP contribution in [0.4, 0.5) is 0 Å². The van der Waals surface area contributed by atoms with Crippen LogP contribution in [0.3, 0.4) is 0 Å². The van der Waals surface area contributed by atoms with Gasteiger partial charge in [0.25, 0.3) is 0 Å². The van der Waals surface area contributed by atoms with Crippen LogP contribution in [0.25, 0.3) is 0 Å². The van der Waals surface area contributed by atoms with Crippen molar-refractivity contribution in [1.82, 2.24) is 0 Å². The molecule has 0 aromatic heterocycles. The summed E-state index contributed by atoms with van der Waals surface area (Å²) < 4.78 is 0. The number of rotatable bonds is 2. The Morgan fingerprint density at radius 3 is 2.65 bits per heavy atom. The monoisotopic (exact) mass is 236 g/mol. The van der Waals surface area contributed by atoms with Gasteiger partial charge in [-0.05, 0) is 42.4 Å². The van der Waals surface area contributed by atoms with Crippen molar-refractivity contribution in [3.05, 3.63) is 0 Å². The summed E-state index contributed by atoms with van der Waals surface area (Å²) in [5, 5.41) is 0. The predicted octanol–water partition coefficient (Wildman–Crippen LogP) is 4.45. The SMILES string of the molecule is CCC(=O)C1CC2C(CCCC2(C)C)CC1C. The number of carbonyl (C=O) groups is 1. The summed E-state index contributed by atoms with van der Waals surface area (Å²) in [6.45, 7) is 9.17. The Balaban J connectivity index is 2.14. The molecule has 0 aliphatic heterocycles. The van der Waals surface area contributed by atoms with E-state index in [-0.39, 0.29) is 0 Å². The van der Waals surface area contributed by atoms with Crippen LogP contribution in [0.2, 0.25) is 0 Å². The molecule has 0 N–H and O–H groups in total. The van der Waals surface area contributed by atoms with Crippen molar-refractivity contribution < 1.29 is 4.79 Å². The first-order chi connectivity index (χ1) is 7.95. The van der Waals surface area contributed by atoms with E-state index in [9.17, 15) is 4.79 Å². The van der Waals surface area contributed by atoms with Gasteiger partial charge in [-0.15, -0.1) is 0 Å². The molecule has 98 valence electrons. The van der Waals surface area contributed by atoms with Crippen LogP contribution in [0, 0.1) is 29.1 Å². The van der Waals surface area contributed by atoms with Crippen LogP contribution in [0.1, 0.15) is 66.2 Å². The van der Waals surface area contributed by atoms with Crippen LogP contribution >= 0.6 is 0 Å². The largest absolute Gasteiger partial charge is 0.299 e. The second-order valence-corrected chi connectivity index (χ2v) is 7.12. The van der Waals surface area contributed by atoms with E-state index < -0.39 is 0 Å². The van der Waals surface area contributed by atoms with Gasteiger partial charge in [0, 0.05) is 12.3 Å². The third-order valence-corrected chi connectivity index (χ3v) is 5.60. The summed E-state index contributed by atoms with van der Waals surface area (Å²) in [5.74, 6) is 3.19. The van der Waals surface area contributed by atoms with Crippen molar-refractivity contribution in [3.8, 4) is 0 Å². The third kappa shape index (κ3) is 2.44. The van der Waals surface area contributed by atoms with Crippen molar-refractivity contribution in [2.45, 2.75) is 66.2 Å². The van der Waals surface area contributed by atoms with Crippen molar-refractivity contribution >= 4 is 5.78 Å². The predicted molar refractivity (Wildman–Crippen MR) is 71.8 cm³/mol. The lowest BCUT2D eigenvalue weighted by Gasteiger charge is -2.50. The first kappa shape index (κ1) is 13.1. The number of fused-ring (bicyclic) bond motifs is 1. The molecule has 0 amide bonds. The Hall–Kier alpha value is -0.330. The van der Waals surface area contributed by atoms with Crippen LogP contribution in [-0.2, 0) is 4.79 Å². The molecule has 2 rings (SSSR count). The summed E-state index contributed by atoms with van der Waals surface area (Å²) in [4.78, 5) is 12.1. The maximum absolute atomic E-state index is 12.1. The molecule has 0 aromatic rings. The fourth-order valence-electron chi connectivity index (χ4n) is 4.50. The summed E-state index contributed by atoms with van der Waals surface area (Å²) in [7, 11) is 0. The number of carbonyl (C=O) groups excluding carboxylic acids is 1. The molecular formula is C16H28O. The van der Waals surface area contributed by atoms with E-state index in [2.05, 4.69) is 20.8 Å². The minimum atomic E-state index is 0.360. The zero-order chi connectivity index (χ0) is 12.6. The molecule has 4 unspecified atom stereocenters. The smallest absolute Gasteiger partial charge is 0.135 e. The molecule has 0 bridgehead atoms. The molecule has 0 radical (unpaired) electrons. The van der Waals surface area contributed by atoms with E-state index in [0.717, 1.165) is 18.3 Å². The highest BCUT2D eigenvalue weighted by molar-refractivity contribution is 5.81. The van der Waals surface area contributed by atoms with Crippen LogP contribution < -0.4 is 0 Å². The quantitative estimate of drug-likeness (QED) is 0.692. The summed E-state index contributed by atoms with van der Waals surface area (Å²) >= 11 is 0. The maximum Gasteiger partial charge on any atom is 0.135 e. The Bertz CT molecular complexity index is 292. The zero-order valence-electron chi connectivity index (χ0n) is 12.0. The second-order valence-electron chi connectivity index (χ2n) is 7.12. The lowest BCUT2D eigenvalue weighted by Crippen LogP contribution is -2.43. The molecule has 0 heterocycles. The van der Waals surface area contributed by atoms with Crippen LogP contribution in [0.15, 0.2) is 0 Å². The minimum absolute atomic E-state index is 0.360. The molecule has 1 heteroatoms. The van der Waals surface area contributed by atoms with Gasteiger partial charge in [-0.25, -0.2) is 0 Å². The second kappa shape index (κ2) is 4.74. The molecule has 17 heavy (non-hydrogen) atoms. The van der Waals surface area contributed by atoms with Crippen LogP contribution in [0.5, 0.6) is 0 Å². The van der Waals surface area contributed by atoms with Gasteiger partial charge >= 0.3 is 0 Å². The van der Waals surface area contributed by atoms with Gasteiger partial charge in [-0.1, -0.05) is 40.5 Å².